The van der Waals surface area contributed by atoms with E-state index in [2.05, 4.69) is 29.6 Å². The number of rotatable bonds is 14. The lowest BCUT2D eigenvalue weighted by atomic mass is 9.76. The highest BCUT2D eigenvalue weighted by Gasteiger charge is 2.52. The molecule has 5 atom stereocenters. The van der Waals surface area contributed by atoms with E-state index in [1.54, 1.807) is 0 Å². The molecular formula is C33H48N2O5. The molecule has 3 aliphatic heterocycles. The van der Waals surface area contributed by atoms with Crippen LogP contribution in [-0.4, -0.2) is 56.3 Å². The average molecular weight is 553 g/mol. The largest absolute Gasteiger partial charge is 0.478 e. The van der Waals surface area contributed by atoms with Gasteiger partial charge < -0.3 is 19.5 Å². The molecule has 0 spiro atoms. The molecule has 7 nitrogen and oxygen atoms in total. The molecule has 0 aromatic heterocycles. The SMILES string of the molecule is COC(=O)CCCc1ccccc1CC[C@@H]1[C@H](C2=NC(C(=O)NCCCCC3CCCCC3)CO2)[C@H]2CC[C@@H]1O2. The number of methoxy groups -OCH3 is 1. The van der Waals surface area contributed by atoms with E-state index in [9.17, 15) is 9.59 Å². The molecule has 2 saturated heterocycles. The van der Waals surface area contributed by atoms with Crippen LogP contribution < -0.4 is 5.32 Å². The van der Waals surface area contributed by atoms with Gasteiger partial charge in [-0.05, 0) is 67.9 Å². The summed E-state index contributed by atoms with van der Waals surface area (Å²) in [5.41, 5.74) is 2.64. The number of unbranched alkanes of at least 4 members (excludes halogenated alkanes) is 1. The molecule has 1 aromatic carbocycles. The standard InChI is InChI=1S/C33H48N2O5/c1-38-30(36)16-9-15-24-13-5-6-14-25(24)17-18-26-28-19-20-29(40-28)31(26)33-35-27(22-39-33)32(37)34-21-8-7-12-23-10-3-2-4-11-23/h5-6,13-14,23,26-29,31H,2-4,7-12,15-22H2,1H3,(H,34,37)/t26-,27?,28-,29+,31-/m0/s1. The molecule has 220 valence electrons. The third kappa shape index (κ3) is 7.45. The Morgan fingerprint density at radius 2 is 1.73 bits per heavy atom. The number of benzene rings is 1. The summed E-state index contributed by atoms with van der Waals surface area (Å²) in [5.74, 6) is 1.96. The quantitative estimate of drug-likeness (QED) is 0.241. The van der Waals surface area contributed by atoms with Crippen molar-refractivity contribution in [2.24, 2.45) is 22.7 Å². The zero-order chi connectivity index (χ0) is 27.7. The Labute approximate surface area is 239 Å². The molecule has 3 fully saturated rings. The van der Waals surface area contributed by atoms with Crippen molar-refractivity contribution < 1.29 is 23.8 Å². The third-order valence-electron chi connectivity index (χ3n) is 9.67. The molecule has 1 saturated carbocycles. The van der Waals surface area contributed by atoms with Crippen LogP contribution in [0.15, 0.2) is 29.3 Å². The minimum Gasteiger partial charge on any atom is -0.478 e. The summed E-state index contributed by atoms with van der Waals surface area (Å²) in [7, 11) is 1.44. The maximum atomic E-state index is 12.8. The predicted octanol–water partition coefficient (Wildman–Crippen LogP) is 5.57. The number of amides is 1. The van der Waals surface area contributed by atoms with Gasteiger partial charge in [0, 0.05) is 13.0 Å². The van der Waals surface area contributed by atoms with Crippen LogP contribution in [0.1, 0.15) is 94.6 Å². The number of hydrogen-bond acceptors (Lipinski definition) is 6. The number of aryl methyl sites for hydroxylation is 2. The molecule has 2 bridgehead atoms. The van der Waals surface area contributed by atoms with Gasteiger partial charge in [-0.1, -0.05) is 69.2 Å². The van der Waals surface area contributed by atoms with Gasteiger partial charge in [0.15, 0.2) is 11.9 Å². The van der Waals surface area contributed by atoms with Gasteiger partial charge in [-0.2, -0.15) is 0 Å². The molecule has 1 unspecified atom stereocenters. The van der Waals surface area contributed by atoms with Gasteiger partial charge in [0.1, 0.15) is 6.61 Å². The molecule has 1 amide bonds. The number of hydrogen-bond donors (Lipinski definition) is 1. The number of aliphatic imine (C=N–C) groups is 1. The van der Waals surface area contributed by atoms with Gasteiger partial charge in [-0.15, -0.1) is 0 Å². The van der Waals surface area contributed by atoms with Crippen LogP contribution in [-0.2, 0) is 36.6 Å². The second-order valence-corrected chi connectivity index (χ2v) is 12.3. The van der Waals surface area contributed by atoms with E-state index in [-0.39, 0.29) is 30.0 Å². The maximum absolute atomic E-state index is 12.8. The number of esters is 1. The van der Waals surface area contributed by atoms with Crippen LogP contribution in [0.2, 0.25) is 0 Å². The Kier molecular flexibility index (Phi) is 10.5. The number of nitrogens with one attached hydrogen (secondary N) is 1. The number of carbonyl (C=O) groups is 2. The molecule has 1 aliphatic carbocycles. The Hall–Kier alpha value is -2.41. The van der Waals surface area contributed by atoms with Gasteiger partial charge in [-0.3, -0.25) is 9.59 Å². The van der Waals surface area contributed by atoms with Crippen molar-refractivity contribution in [3.05, 3.63) is 35.4 Å². The van der Waals surface area contributed by atoms with E-state index in [0.717, 1.165) is 63.3 Å². The molecule has 0 radical (unpaired) electrons. The Balaban J connectivity index is 1.10. The molecule has 5 rings (SSSR count). The monoisotopic (exact) mass is 552 g/mol. The summed E-state index contributed by atoms with van der Waals surface area (Å²) in [6.07, 6.45) is 17.1. The molecule has 3 heterocycles. The summed E-state index contributed by atoms with van der Waals surface area (Å²) in [6, 6.07) is 8.10. The lowest BCUT2D eigenvalue weighted by Crippen LogP contribution is -2.35. The second-order valence-electron chi connectivity index (χ2n) is 12.3. The lowest BCUT2D eigenvalue weighted by molar-refractivity contribution is -0.140. The minimum absolute atomic E-state index is 0.00540. The maximum Gasteiger partial charge on any atom is 0.305 e. The fourth-order valence-corrected chi connectivity index (χ4v) is 7.45. The first-order valence-corrected chi connectivity index (χ1v) is 15.9. The van der Waals surface area contributed by atoms with Crippen molar-refractivity contribution in [1.29, 1.82) is 0 Å². The van der Waals surface area contributed by atoms with Gasteiger partial charge in [0.2, 0.25) is 5.91 Å². The molecule has 1 N–H and O–H groups in total. The molecule has 7 heteroatoms. The molecule has 1 aromatic rings. The van der Waals surface area contributed by atoms with Crippen LogP contribution in [0.3, 0.4) is 0 Å². The van der Waals surface area contributed by atoms with E-state index in [1.165, 1.54) is 63.2 Å². The van der Waals surface area contributed by atoms with Gasteiger partial charge in [-0.25, -0.2) is 4.99 Å². The highest BCUT2D eigenvalue weighted by Crippen LogP contribution is 2.47. The molecule has 4 aliphatic rings. The summed E-state index contributed by atoms with van der Waals surface area (Å²) in [6.45, 7) is 1.07. The van der Waals surface area contributed by atoms with Crippen molar-refractivity contribution >= 4 is 17.8 Å². The Morgan fingerprint density at radius 1 is 0.950 bits per heavy atom. The Morgan fingerprint density at radius 3 is 2.52 bits per heavy atom. The summed E-state index contributed by atoms with van der Waals surface area (Å²) >= 11 is 0. The first-order valence-electron chi connectivity index (χ1n) is 15.9. The summed E-state index contributed by atoms with van der Waals surface area (Å²) in [5, 5.41) is 3.11. The van der Waals surface area contributed by atoms with Crippen molar-refractivity contribution in [2.75, 3.05) is 20.3 Å². The predicted molar refractivity (Wildman–Crippen MR) is 155 cm³/mol. The van der Waals surface area contributed by atoms with Gasteiger partial charge >= 0.3 is 5.97 Å². The first kappa shape index (κ1) is 29.1. The highest BCUT2D eigenvalue weighted by atomic mass is 16.5. The summed E-state index contributed by atoms with van der Waals surface area (Å²) in [4.78, 5) is 29.2. The van der Waals surface area contributed by atoms with Crippen LogP contribution in [0.25, 0.3) is 0 Å². The van der Waals surface area contributed by atoms with Crippen molar-refractivity contribution in [3.8, 4) is 0 Å². The van der Waals surface area contributed by atoms with Gasteiger partial charge in [0.25, 0.3) is 0 Å². The van der Waals surface area contributed by atoms with E-state index in [1.807, 2.05) is 0 Å². The van der Waals surface area contributed by atoms with Crippen molar-refractivity contribution in [3.63, 3.8) is 0 Å². The first-order chi connectivity index (χ1) is 19.6. The third-order valence-corrected chi connectivity index (χ3v) is 9.67. The normalized spacial score (nSPS) is 27.8. The zero-order valence-corrected chi connectivity index (χ0v) is 24.3. The number of fused-ring (bicyclic) bond motifs is 2. The minimum atomic E-state index is -0.441. The highest BCUT2D eigenvalue weighted by molar-refractivity contribution is 5.90. The molecule has 40 heavy (non-hydrogen) atoms. The van der Waals surface area contributed by atoms with Crippen molar-refractivity contribution in [1.82, 2.24) is 5.32 Å². The van der Waals surface area contributed by atoms with Crippen LogP contribution >= 0.6 is 0 Å². The fraction of sp³-hybridized carbons (Fsp3) is 0.727. The van der Waals surface area contributed by atoms with Crippen molar-refractivity contribution in [2.45, 2.75) is 115 Å². The summed E-state index contributed by atoms with van der Waals surface area (Å²) < 4.78 is 17.2. The fourth-order valence-electron chi connectivity index (χ4n) is 7.45. The van der Waals surface area contributed by atoms with Crippen LogP contribution in [0.5, 0.6) is 0 Å². The lowest BCUT2D eigenvalue weighted by Gasteiger charge is -2.27. The van der Waals surface area contributed by atoms with E-state index in [0.29, 0.717) is 18.9 Å². The smallest absolute Gasteiger partial charge is 0.305 e. The van der Waals surface area contributed by atoms with E-state index >= 15 is 0 Å². The number of ether oxygens (including phenoxy) is 3. The second kappa shape index (κ2) is 14.5. The van der Waals surface area contributed by atoms with E-state index in [4.69, 9.17) is 19.2 Å². The van der Waals surface area contributed by atoms with Crippen LogP contribution in [0.4, 0.5) is 0 Å². The zero-order valence-electron chi connectivity index (χ0n) is 24.3. The number of carbonyl (C=O) groups excluding carboxylic acids is 2. The van der Waals surface area contributed by atoms with Gasteiger partial charge in [0.05, 0.1) is 25.2 Å². The van der Waals surface area contributed by atoms with E-state index < -0.39 is 6.04 Å². The number of nitrogens with zero attached hydrogens (tertiary/aromatic N) is 1. The van der Waals surface area contributed by atoms with Crippen LogP contribution in [0, 0.1) is 17.8 Å². The molecular weight excluding hydrogens is 504 g/mol. The average Bonchev–Trinajstić information content (AvgIpc) is 3.74. The Bertz CT molecular complexity index is 1020. The topological polar surface area (TPSA) is 86.2 Å².